The number of hydrogen-bond donors (Lipinski definition) is 1. The van der Waals surface area contributed by atoms with E-state index in [4.69, 9.17) is 0 Å². The Kier molecular flexibility index (Phi) is 6.07. The Balaban J connectivity index is 1.36. The lowest BCUT2D eigenvalue weighted by Crippen LogP contribution is -2.26. The molecule has 5 rings (SSSR count). The third-order valence-corrected chi connectivity index (χ3v) is 7.06. The van der Waals surface area contributed by atoms with Gasteiger partial charge >= 0.3 is 0 Å². The van der Waals surface area contributed by atoms with E-state index in [-0.39, 0.29) is 18.1 Å². The van der Waals surface area contributed by atoms with E-state index in [1.165, 1.54) is 11.8 Å². The number of ketones is 1. The maximum atomic E-state index is 12.5. The van der Waals surface area contributed by atoms with Gasteiger partial charge in [0, 0.05) is 22.0 Å². The lowest BCUT2D eigenvalue weighted by atomic mass is 9.97. The Hall–Kier alpha value is -3.29. The monoisotopic (exact) mass is 515 g/mol. The van der Waals surface area contributed by atoms with Crippen LogP contribution in [0.1, 0.15) is 22.3 Å². The molecule has 162 valence electrons. The molecule has 1 unspecified atom stereocenters. The highest BCUT2D eigenvalue weighted by Gasteiger charge is 2.32. The fourth-order valence-electron chi connectivity index (χ4n) is 3.84. The van der Waals surface area contributed by atoms with E-state index in [1.54, 1.807) is 18.3 Å². The number of thioether (sulfide) groups is 1. The smallest absolute Gasteiger partial charge is 0.240 e. The predicted octanol–water partition coefficient (Wildman–Crippen LogP) is 5.95. The molecule has 0 spiro atoms. The second-order valence-electron chi connectivity index (χ2n) is 7.61. The topological polar surface area (TPSA) is 70.9 Å². The van der Waals surface area contributed by atoms with Gasteiger partial charge in [-0.15, -0.1) is 5.10 Å². The molecule has 4 aromatic rings. The van der Waals surface area contributed by atoms with Crippen molar-refractivity contribution in [2.45, 2.75) is 11.7 Å². The molecule has 1 saturated heterocycles. The van der Waals surface area contributed by atoms with Crippen LogP contribution in [0.25, 0.3) is 21.5 Å². The van der Waals surface area contributed by atoms with Crippen molar-refractivity contribution in [1.82, 2.24) is 5.32 Å². The second-order valence-corrected chi connectivity index (χ2v) is 9.72. The molecule has 5 nitrogen and oxygen atoms in total. The maximum absolute atomic E-state index is 12.5. The first kappa shape index (κ1) is 21.6. The second kappa shape index (κ2) is 9.29. The van der Waals surface area contributed by atoms with Gasteiger partial charge in [-0.1, -0.05) is 88.4 Å². The summed E-state index contributed by atoms with van der Waals surface area (Å²) in [6.45, 7) is 0. The molecule has 33 heavy (non-hydrogen) atoms. The van der Waals surface area contributed by atoms with Gasteiger partial charge in [0.15, 0.2) is 11.0 Å². The number of amidine groups is 1. The number of fused-ring (bicyclic) bond motifs is 2. The summed E-state index contributed by atoms with van der Waals surface area (Å²) in [5.41, 5.74) is 1.56. The van der Waals surface area contributed by atoms with Crippen molar-refractivity contribution in [2.75, 3.05) is 0 Å². The van der Waals surface area contributed by atoms with Crippen LogP contribution in [-0.2, 0) is 4.79 Å². The van der Waals surface area contributed by atoms with E-state index in [0.717, 1.165) is 31.6 Å². The Morgan fingerprint density at radius 3 is 2.27 bits per heavy atom. The molecule has 1 atom stereocenters. The SMILES string of the molecule is O=C(CC1SC(=NN=Cc2c3ccccc3cc3ccccc23)NC1=O)c1ccc(Br)cc1. The molecular weight excluding hydrogens is 498 g/mol. The number of nitrogens with zero attached hydrogens (tertiary/aromatic N) is 2. The molecule has 0 bridgehead atoms. The van der Waals surface area contributed by atoms with Crippen molar-refractivity contribution >= 4 is 72.3 Å². The average Bonchev–Trinajstić information content (AvgIpc) is 3.17. The summed E-state index contributed by atoms with van der Waals surface area (Å²) in [5.74, 6) is -0.308. The maximum Gasteiger partial charge on any atom is 0.240 e. The summed E-state index contributed by atoms with van der Waals surface area (Å²) in [6.07, 6.45) is 1.83. The van der Waals surface area contributed by atoms with Crippen molar-refractivity contribution in [1.29, 1.82) is 0 Å². The molecule has 1 aliphatic rings. The van der Waals surface area contributed by atoms with Gasteiger partial charge in [0.1, 0.15) is 0 Å². The van der Waals surface area contributed by atoms with Crippen LogP contribution in [0.4, 0.5) is 0 Å². The van der Waals surface area contributed by atoms with E-state index in [0.29, 0.717) is 10.7 Å². The van der Waals surface area contributed by atoms with Crippen molar-refractivity contribution in [2.24, 2.45) is 10.2 Å². The zero-order chi connectivity index (χ0) is 22.8. The van der Waals surface area contributed by atoms with E-state index in [9.17, 15) is 9.59 Å². The fourth-order valence-corrected chi connectivity index (χ4v) is 5.02. The summed E-state index contributed by atoms with van der Waals surface area (Å²) in [4.78, 5) is 24.9. The van der Waals surface area contributed by atoms with Crippen LogP contribution >= 0.6 is 27.7 Å². The van der Waals surface area contributed by atoms with Crippen LogP contribution < -0.4 is 5.32 Å². The number of rotatable bonds is 5. The molecule has 1 fully saturated rings. The minimum absolute atomic E-state index is 0.0814. The Labute approximate surface area is 203 Å². The summed E-state index contributed by atoms with van der Waals surface area (Å²) in [5, 5.41) is 15.5. The first-order valence-electron chi connectivity index (χ1n) is 10.4. The molecule has 1 amide bonds. The standard InChI is InChI=1S/C26H18BrN3O2S/c27-19-11-9-16(10-12-19)23(31)14-24-25(32)29-26(33-24)30-28-15-22-20-7-3-1-5-17(20)13-18-6-2-4-8-21(18)22/h1-13,15,24H,14H2,(H,29,30,32). The van der Waals surface area contributed by atoms with Gasteiger partial charge in [0.05, 0.1) is 11.5 Å². The number of nitrogens with one attached hydrogen (secondary N) is 1. The molecule has 0 radical (unpaired) electrons. The lowest BCUT2D eigenvalue weighted by molar-refractivity contribution is -0.118. The van der Waals surface area contributed by atoms with Crippen molar-refractivity contribution < 1.29 is 9.59 Å². The van der Waals surface area contributed by atoms with Crippen molar-refractivity contribution in [3.05, 3.63) is 94.5 Å². The molecule has 0 saturated carbocycles. The van der Waals surface area contributed by atoms with Crippen LogP contribution in [0.3, 0.4) is 0 Å². The van der Waals surface area contributed by atoms with Crippen LogP contribution in [0.5, 0.6) is 0 Å². The zero-order valence-corrected chi connectivity index (χ0v) is 19.8. The molecule has 1 aliphatic heterocycles. The van der Waals surface area contributed by atoms with Crippen LogP contribution in [-0.4, -0.2) is 28.3 Å². The van der Waals surface area contributed by atoms with E-state index >= 15 is 0 Å². The Morgan fingerprint density at radius 2 is 1.61 bits per heavy atom. The number of halogens is 1. The van der Waals surface area contributed by atoms with E-state index < -0.39 is 5.25 Å². The number of benzene rings is 4. The van der Waals surface area contributed by atoms with E-state index in [2.05, 4.69) is 61.8 Å². The highest BCUT2D eigenvalue weighted by molar-refractivity contribution is 9.10. The first-order chi connectivity index (χ1) is 16.1. The summed E-state index contributed by atoms with van der Waals surface area (Å²) in [7, 11) is 0. The first-order valence-corrected chi connectivity index (χ1v) is 12.0. The van der Waals surface area contributed by atoms with Gasteiger partial charge in [-0.2, -0.15) is 5.10 Å². The largest absolute Gasteiger partial charge is 0.303 e. The number of carbonyl (C=O) groups is 2. The third-order valence-electron chi connectivity index (χ3n) is 5.46. The summed E-state index contributed by atoms with van der Waals surface area (Å²) >= 11 is 4.59. The van der Waals surface area contributed by atoms with Gasteiger partial charge < -0.3 is 5.32 Å². The van der Waals surface area contributed by atoms with E-state index in [1.807, 2.05) is 36.4 Å². The highest BCUT2D eigenvalue weighted by Crippen LogP contribution is 2.28. The predicted molar refractivity (Wildman–Crippen MR) is 139 cm³/mol. The van der Waals surface area contributed by atoms with Gasteiger partial charge in [-0.3, -0.25) is 9.59 Å². The average molecular weight is 516 g/mol. The molecule has 4 aromatic carbocycles. The van der Waals surface area contributed by atoms with Crippen molar-refractivity contribution in [3.63, 3.8) is 0 Å². The van der Waals surface area contributed by atoms with Gasteiger partial charge in [0.25, 0.3) is 0 Å². The zero-order valence-electron chi connectivity index (χ0n) is 17.4. The number of amides is 1. The van der Waals surface area contributed by atoms with Crippen LogP contribution in [0.2, 0.25) is 0 Å². The molecule has 1 heterocycles. The molecular formula is C26H18BrN3O2S. The lowest BCUT2D eigenvalue weighted by Gasteiger charge is -2.07. The van der Waals surface area contributed by atoms with Gasteiger partial charge in [0.2, 0.25) is 5.91 Å². The molecule has 1 N–H and O–H groups in total. The number of hydrogen-bond acceptors (Lipinski definition) is 5. The van der Waals surface area contributed by atoms with Crippen molar-refractivity contribution in [3.8, 4) is 0 Å². The van der Waals surface area contributed by atoms with Crippen LogP contribution in [0, 0.1) is 0 Å². The minimum Gasteiger partial charge on any atom is -0.303 e. The molecule has 7 heteroatoms. The van der Waals surface area contributed by atoms with Crippen LogP contribution in [0.15, 0.2) is 93.5 Å². The quantitative estimate of drug-likeness (QED) is 0.154. The number of Topliss-reactive ketones (excluding diaryl/α,β-unsaturated/α-hetero) is 1. The minimum atomic E-state index is -0.520. The Morgan fingerprint density at radius 1 is 0.970 bits per heavy atom. The highest BCUT2D eigenvalue weighted by atomic mass is 79.9. The fraction of sp³-hybridized carbons (Fsp3) is 0.0769. The summed E-state index contributed by atoms with van der Waals surface area (Å²) in [6, 6.07) is 25.6. The molecule has 0 aliphatic carbocycles. The third kappa shape index (κ3) is 4.60. The summed E-state index contributed by atoms with van der Waals surface area (Å²) < 4.78 is 0.901. The normalized spacial score (nSPS) is 17.3. The molecule has 0 aromatic heterocycles. The Bertz CT molecular complexity index is 1390. The van der Waals surface area contributed by atoms with Gasteiger partial charge in [-0.05, 0) is 39.7 Å². The van der Waals surface area contributed by atoms with Gasteiger partial charge in [-0.25, -0.2) is 0 Å². The number of carbonyl (C=O) groups excluding carboxylic acids is 2.